The molecule has 6 nitrogen and oxygen atoms in total. The van der Waals surface area contributed by atoms with E-state index in [9.17, 15) is 4.79 Å². The van der Waals surface area contributed by atoms with Gasteiger partial charge in [0.05, 0.1) is 6.04 Å². The summed E-state index contributed by atoms with van der Waals surface area (Å²) >= 11 is 0. The van der Waals surface area contributed by atoms with Crippen LogP contribution in [0.4, 0.5) is 0 Å². The van der Waals surface area contributed by atoms with Crippen LogP contribution < -0.4 is 5.56 Å². The van der Waals surface area contributed by atoms with Gasteiger partial charge in [-0.2, -0.15) is 0 Å². The van der Waals surface area contributed by atoms with Crippen molar-refractivity contribution in [3.05, 3.63) is 34.5 Å². The number of rotatable bonds is 3. The number of imidazole rings is 1. The normalized spacial score (nSPS) is 24.3. The Morgan fingerprint density at radius 1 is 1.26 bits per heavy atom. The molecule has 1 unspecified atom stereocenters. The molecule has 2 aliphatic heterocycles. The Bertz CT molecular complexity index is 717. The quantitative estimate of drug-likeness (QED) is 0.940. The van der Waals surface area contributed by atoms with Crippen LogP contribution in [0, 0.1) is 5.92 Å². The Hall–Kier alpha value is -1.66. The fourth-order valence-corrected chi connectivity index (χ4v) is 3.94. The molecule has 0 spiro atoms. The number of likely N-dealkylation sites (tertiary alicyclic amines) is 1. The van der Waals surface area contributed by atoms with Crippen LogP contribution >= 0.6 is 0 Å². The highest BCUT2D eigenvalue weighted by atomic mass is 16.5. The van der Waals surface area contributed by atoms with E-state index in [1.54, 1.807) is 22.9 Å². The lowest BCUT2D eigenvalue weighted by Gasteiger charge is -2.38. The number of nitrogens with zero attached hydrogens (tertiary/aromatic N) is 3. The second kappa shape index (κ2) is 6.45. The molecule has 0 aromatic carbocycles. The minimum Gasteiger partial charge on any atom is -0.381 e. The molecule has 0 aliphatic carbocycles. The largest absolute Gasteiger partial charge is 0.381 e. The molecule has 4 heterocycles. The van der Waals surface area contributed by atoms with Crippen LogP contribution in [0.3, 0.4) is 0 Å². The molecule has 0 amide bonds. The number of fused-ring (bicyclic) bond motifs is 1. The molecule has 1 N–H and O–H groups in total. The number of aromatic amines is 1. The summed E-state index contributed by atoms with van der Waals surface area (Å²) in [4.78, 5) is 22.4. The van der Waals surface area contributed by atoms with E-state index in [0.717, 1.165) is 51.3 Å². The molecule has 23 heavy (non-hydrogen) atoms. The Labute approximate surface area is 135 Å². The van der Waals surface area contributed by atoms with Gasteiger partial charge in [0.1, 0.15) is 0 Å². The van der Waals surface area contributed by atoms with Crippen LogP contribution in [-0.4, -0.2) is 45.6 Å². The van der Waals surface area contributed by atoms with Gasteiger partial charge in [0, 0.05) is 43.9 Å². The molecule has 2 aromatic heterocycles. The highest BCUT2D eigenvalue weighted by Crippen LogP contribution is 2.31. The van der Waals surface area contributed by atoms with Crippen molar-refractivity contribution in [1.82, 2.24) is 19.3 Å². The van der Waals surface area contributed by atoms with Crippen LogP contribution in [0.2, 0.25) is 0 Å². The number of hydrogen-bond acceptors (Lipinski definition) is 4. The van der Waals surface area contributed by atoms with Gasteiger partial charge in [-0.1, -0.05) is 6.42 Å². The predicted octanol–water partition coefficient (Wildman–Crippen LogP) is 1.98. The first-order valence-corrected chi connectivity index (χ1v) is 8.69. The van der Waals surface area contributed by atoms with Gasteiger partial charge in [-0.3, -0.25) is 14.1 Å². The van der Waals surface area contributed by atoms with Crippen LogP contribution in [0.25, 0.3) is 5.78 Å². The second-order valence-electron chi connectivity index (χ2n) is 6.75. The van der Waals surface area contributed by atoms with Crippen molar-refractivity contribution in [3.8, 4) is 0 Å². The smallest absolute Gasteiger partial charge is 0.259 e. The number of H-pyrrole nitrogens is 1. The Kier molecular flexibility index (Phi) is 4.18. The van der Waals surface area contributed by atoms with E-state index in [-0.39, 0.29) is 5.56 Å². The van der Waals surface area contributed by atoms with Gasteiger partial charge >= 0.3 is 0 Å². The molecule has 6 heteroatoms. The Morgan fingerprint density at radius 3 is 3.00 bits per heavy atom. The number of hydrogen-bond donors (Lipinski definition) is 1. The molecule has 0 bridgehead atoms. The second-order valence-corrected chi connectivity index (χ2v) is 6.75. The summed E-state index contributed by atoms with van der Waals surface area (Å²) < 4.78 is 7.04. The molecule has 2 aliphatic rings. The van der Waals surface area contributed by atoms with Gasteiger partial charge in [-0.05, 0) is 38.1 Å². The minimum atomic E-state index is 0.00263. The summed E-state index contributed by atoms with van der Waals surface area (Å²) in [5.41, 5.74) is 1.02. The van der Waals surface area contributed by atoms with Crippen molar-refractivity contribution < 1.29 is 4.74 Å². The Morgan fingerprint density at radius 2 is 2.13 bits per heavy atom. The third-order valence-corrected chi connectivity index (χ3v) is 5.22. The van der Waals surface area contributed by atoms with E-state index < -0.39 is 0 Å². The van der Waals surface area contributed by atoms with Crippen molar-refractivity contribution >= 4 is 5.78 Å². The lowest BCUT2D eigenvalue weighted by Crippen LogP contribution is -2.39. The third kappa shape index (κ3) is 3.05. The van der Waals surface area contributed by atoms with Crippen LogP contribution in [0.5, 0.6) is 0 Å². The maximum Gasteiger partial charge on any atom is 0.259 e. The highest BCUT2D eigenvalue weighted by molar-refractivity contribution is 5.30. The topological polar surface area (TPSA) is 62.6 Å². The summed E-state index contributed by atoms with van der Waals surface area (Å²) in [5, 5.41) is 0. The molecule has 2 saturated heterocycles. The molecular weight excluding hydrogens is 292 g/mol. The Balaban J connectivity index is 1.59. The summed E-state index contributed by atoms with van der Waals surface area (Å²) in [6, 6.07) is 2.06. The molecule has 2 aromatic rings. The van der Waals surface area contributed by atoms with E-state index in [4.69, 9.17) is 4.74 Å². The number of aromatic nitrogens is 3. The van der Waals surface area contributed by atoms with Crippen LogP contribution in [-0.2, 0) is 4.74 Å². The van der Waals surface area contributed by atoms with Gasteiger partial charge in [-0.25, -0.2) is 4.98 Å². The zero-order valence-electron chi connectivity index (χ0n) is 13.4. The number of ether oxygens (including phenoxy) is 1. The van der Waals surface area contributed by atoms with Crippen molar-refractivity contribution in [2.75, 3.05) is 26.3 Å². The molecule has 124 valence electrons. The van der Waals surface area contributed by atoms with Gasteiger partial charge in [0.25, 0.3) is 5.56 Å². The minimum absolute atomic E-state index is 0.00263. The number of nitrogens with one attached hydrogen (secondary N) is 1. The molecule has 0 radical (unpaired) electrons. The van der Waals surface area contributed by atoms with Gasteiger partial charge < -0.3 is 9.72 Å². The zero-order chi connectivity index (χ0) is 15.6. The summed E-state index contributed by atoms with van der Waals surface area (Å²) in [6.45, 7) is 4.00. The standard InChI is InChI=1S/C17H24N4O2/c22-16-11-14(19-17-18-6-8-21(16)17)15-3-1-2-7-20(15)12-13-4-9-23-10-5-13/h6,8,11,13,15H,1-5,7,9-10,12H2,(H,18,19). The van der Waals surface area contributed by atoms with Crippen LogP contribution in [0.1, 0.15) is 43.8 Å². The highest BCUT2D eigenvalue weighted by Gasteiger charge is 2.28. The average molecular weight is 316 g/mol. The fourth-order valence-electron chi connectivity index (χ4n) is 3.94. The fraction of sp³-hybridized carbons (Fsp3) is 0.647. The lowest BCUT2D eigenvalue weighted by molar-refractivity contribution is 0.0377. The molecule has 1 atom stereocenters. The van der Waals surface area contributed by atoms with Gasteiger partial charge in [-0.15, -0.1) is 0 Å². The molecule has 4 rings (SSSR count). The van der Waals surface area contributed by atoms with Crippen molar-refractivity contribution in [2.24, 2.45) is 5.92 Å². The van der Waals surface area contributed by atoms with Gasteiger partial charge in [0.2, 0.25) is 5.78 Å². The first-order valence-electron chi connectivity index (χ1n) is 8.69. The first-order chi connectivity index (χ1) is 11.3. The predicted molar refractivity (Wildman–Crippen MR) is 87.5 cm³/mol. The molecule has 2 fully saturated rings. The molecular formula is C17H24N4O2. The maximum atomic E-state index is 12.3. The van der Waals surface area contributed by atoms with E-state index in [2.05, 4.69) is 14.9 Å². The van der Waals surface area contributed by atoms with Crippen LogP contribution in [0.15, 0.2) is 23.3 Å². The van der Waals surface area contributed by atoms with Crippen molar-refractivity contribution in [3.63, 3.8) is 0 Å². The maximum absolute atomic E-state index is 12.3. The monoisotopic (exact) mass is 316 g/mol. The first kappa shape index (κ1) is 14.9. The summed E-state index contributed by atoms with van der Waals surface area (Å²) in [6.07, 6.45) is 9.25. The van der Waals surface area contributed by atoms with E-state index in [1.165, 1.54) is 12.8 Å². The lowest BCUT2D eigenvalue weighted by atomic mass is 9.94. The zero-order valence-corrected chi connectivity index (χ0v) is 13.4. The van der Waals surface area contributed by atoms with Crippen molar-refractivity contribution in [1.29, 1.82) is 0 Å². The average Bonchev–Trinajstić information content (AvgIpc) is 3.05. The van der Waals surface area contributed by atoms with E-state index >= 15 is 0 Å². The number of piperidine rings is 1. The SMILES string of the molecule is O=c1cc(C2CCCCN2CC2CCOCC2)[nH]c2nccn12. The molecule has 0 saturated carbocycles. The van der Waals surface area contributed by atoms with Crippen molar-refractivity contribution in [2.45, 2.75) is 38.1 Å². The summed E-state index contributed by atoms with van der Waals surface area (Å²) in [5.74, 6) is 1.36. The van der Waals surface area contributed by atoms with E-state index in [1.807, 2.05) is 0 Å². The third-order valence-electron chi connectivity index (χ3n) is 5.22. The van der Waals surface area contributed by atoms with E-state index in [0.29, 0.717) is 17.7 Å². The summed E-state index contributed by atoms with van der Waals surface area (Å²) in [7, 11) is 0. The van der Waals surface area contributed by atoms with Gasteiger partial charge in [0.15, 0.2) is 0 Å².